The van der Waals surface area contributed by atoms with Gasteiger partial charge in [0, 0.05) is 12.8 Å². The Bertz CT molecular complexity index is 797. The normalized spacial score (nSPS) is 37.2. The summed E-state index contributed by atoms with van der Waals surface area (Å²) in [6, 6.07) is 0. The van der Waals surface area contributed by atoms with Gasteiger partial charge in [-0.25, -0.2) is 0 Å². The molecule has 38 heavy (non-hydrogen) atoms. The van der Waals surface area contributed by atoms with Crippen molar-refractivity contribution in [2.75, 3.05) is 0 Å². The zero-order chi connectivity index (χ0) is 27.3. The van der Waals surface area contributed by atoms with E-state index >= 15 is 0 Å². The number of rotatable bonds is 13. The van der Waals surface area contributed by atoms with Crippen molar-refractivity contribution < 1.29 is 9.53 Å². The van der Waals surface area contributed by atoms with Crippen LogP contribution >= 0.6 is 0 Å². The molecule has 0 aliphatic heterocycles. The quantitative estimate of drug-likeness (QED) is 0.135. The van der Waals surface area contributed by atoms with Crippen molar-refractivity contribution in [3.8, 4) is 0 Å². The van der Waals surface area contributed by atoms with Gasteiger partial charge >= 0.3 is 5.97 Å². The first-order chi connectivity index (χ1) is 18.2. The summed E-state index contributed by atoms with van der Waals surface area (Å²) in [7, 11) is 0. The molecule has 0 aromatic rings. The topological polar surface area (TPSA) is 26.3 Å². The maximum Gasteiger partial charge on any atom is 0.306 e. The SMILES string of the molecule is CCCCCCCCC(=O)O[C@H]1CC[C@@]2(C)C(=CC[C@H]3[C@H]4CC[C@@H]([C@H](C)CCCC(C)C)[C@@]4(C)CC[C@@H]32)C1. The lowest BCUT2D eigenvalue weighted by atomic mass is 9.47. The van der Waals surface area contributed by atoms with Gasteiger partial charge in [0.25, 0.3) is 0 Å². The zero-order valence-corrected chi connectivity index (χ0v) is 26.2. The maximum atomic E-state index is 12.6. The maximum absolute atomic E-state index is 12.6. The summed E-state index contributed by atoms with van der Waals surface area (Å²) in [6.45, 7) is 14.9. The van der Waals surface area contributed by atoms with Crippen molar-refractivity contribution in [1.29, 1.82) is 0 Å². The number of fused-ring (bicyclic) bond motifs is 5. The summed E-state index contributed by atoms with van der Waals surface area (Å²) in [6.07, 6.45) is 25.3. The standard InChI is InChI=1S/C36H62O2/c1-7-8-9-10-11-12-16-34(37)38-29-21-23-35(5)28(25-29)17-18-30-32-20-19-31(27(4)15-13-14-26(2)3)36(32,6)24-22-33(30)35/h17,26-27,29-33H,7-16,18-25H2,1-6H3/t27-,29+,30+,31+,32-,33+,35+,36-/m1/s1. The molecular formula is C36H62O2. The molecule has 0 N–H and O–H groups in total. The molecule has 0 spiro atoms. The second-order valence-electron chi connectivity index (χ2n) is 15.2. The van der Waals surface area contributed by atoms with E-state index in [1.54, 1.807) is 5.57 Å². The van der Waals surface area contributed by atoms with Crippen molar-refractivity contribution >= 4 is 5.97 Å². The van der Waals surface area contributed by atoms with E-state index in [9.17, 15) is 4.79 Å². The van der Waals surface area contributed by atoms with Crippen LogP contribution in [0.5, 0.6) is 0 Å². The Labute approximate surface area is 236 Å². The van der Waals surface area contributed by atoms with E-state index in [1.807, 2.05) is 0 Å². The van der Waals surface area contributed by atoms with Gasteiger partial charge in [-0.1, -0.05) is 105 Å². The molecule has 0 aromatic heterocycles. The third-order valence-corrected chi connectivity index (χ3v) is 12.3. The van der Waals surface area contributed by atoms with E-state index in [1.165, 1.54) is 89.9 Å². The smallest absolute Gasteiger partial charge is 0.306 e. The molecule has 0 radical (unpaired) electrons. The lowest BCUT2D eigenvalue weighted by Crippen LogP contribution is -2.51. The van der Waals surface area contributed by atoms with E-state index in [4.69, 9.17) is 4.74 Å². The Morgan fingerprint density at radius 3 is 2.45 bits per heavy atom. The van der Waals surface area contributed by atoms with Crippen LogP contribution in [0.15, 0.2) is 11.6 Å². The molecule has 218 valence electrons. The fraction of sp³-hybridized carbons (Fsp3) is 0.917. The van der Waals surface area contributed by atoms with Crippen molar-refractivity contribution in [2.24, 2.45) is 46.3 Å². The third kappa shape index (κ3) is 6.57. The van der Waals surface area contributed by atoms with E-state index in [0.717, 1.165) is 54.8 Å². The summed E-state index contributed by atoms with van der Waals surface area (Å²) >= 11 is 0. The van der Waals surface area contributed by atoms with Crippen LogP contribution in [0.4, 0.5) is 0 Å². The number of esters is 1. The van der Waals surface area contributed by atoms with E-state index < -0.39 is 0 Å². The molecule has 2 nitrogen and oxygen atoms in total. The minimum atomic E-state index is 0.0522. The first kappa shape index (κ1) is 30.2. The van der Waals surface area contributed by atoms with Crippen LogP contribution in [-0.2, 0) is 9.53 Å². The van der Waals surface area contributed by atoms with Gasteiger partial charge in [-0.15, -0.1) is 0 Å². The summed E-state index contributed by atoms with van der Waals surface area (Å²) in [4.78, 5) is 12.6. The molecule has 0 amide bonds. The molecule has 8 atom stereocenters. The lowest BCUT2D eigenvalue weighted by Gasteiger charge is -2.58. The minimum Gasteiger partial charge on any atom is -0.462 e. The fourth-order valence-corrected chi connectivity index (χ4v) is 10.0. The van der Waals surface area contributed by atoms with Crippen LogP contribution in [0.3, 0.4) is 0 Å². The number of ether oxygens (including phenoxy) is 1. The van der Waals surface area contributed by atoms with E-state index in [2.05, 4.69) is 47.6 Å². The Morgan fingerprint density at radius 1 is 0.921 bits per heavy atom. The van der Waals surface area contributed by atoms with Crippen molar-refractivity contribution in [1.82, 2.24) is 0 Å². The van der Waals surface area contributed by atoms with Gasteiger partial charge in [-0.2, -0.15) is 0 Å². The molecule has 3 fully saturated rings. The molecule has 4 aliphatic rings. The van der Waals surface area contributed by atoms with Crippen LogP contribution in [-0.4, -0.2) is 12.1 Å². The lowest BCUT2D eigenvalue weighted by molar-refractivity contribution is -0.151. The summed E-state index contributed by atoms with van der Waals surface area (Å²) < 4.78 is 6.04. The molecular weight excluding hydrogens is 464 g/mol. The number of allylic oxidation sites excluding steroid dienone is 1. The first-order valence-electron chi connectivity index (χ1n) is 17.1. The van der Waals surface area contributed by atoms with Gasteiger partial charge in [0.2, 0.25) is 0 Å². The molecule has 0 heterocycles. The molecule has 0 saturated heterocycles. The van der Waals surface area contributed by atoms with Crippen LogP contribution in [0, 0.1) is 46.3 Å². The highest BCUT2D eigenvalue weighted by Crippen LogP contribution is 2.67. The molecule has 2 heteroatoms. The van der Waals surface area contributed by atoms with Crippen molar-refractivity contribution in [3.05, 3.63) is 11.6 Å². The van der Waals surface area contributed by atoms with E-state index in [-0.39, 0.29) is 12.1 Å². The molecule has 0 unspecified atom stereocenters. The second-order valence-corrected chi connectivity index (χ2v) is 15.2. The summed E-state index contributed by atoms with van der Waals surface area (Å²) in [5, 5.41) is 0. The predicted molar refractivity (Wildman–Crippen MR) is 161 cm³/mol. The number of carbonyl (C=O) groups is 1. The Morgan fingerprint density at radius 2 is 1.68 bits per heavy atom. The van der Waals surface area contributed by atoms with Crippen LogP contribution in [0.2, 0.25) is 0 Å². The molecule has 0 bridgehead atoms. The highest BCUT2D eigenvalue weighted by atomic mass is 16.5. The number of carbonyl (C=O) groups excluding carboxylic acids is 1. The molecule has 0 aromatic carbocycles. The second kappa shape index (κ2) is 13.2. The monoisotopic (exact) mass is 526 g/mol. The molecule has 3 saturated carbocycles. The fourth-order valence-electron chi connectivity index (χ4n) is 10.0. The average molecular weight is 527 g/mol. The number of hydrogen-bond donors (Lipinski definition) is 0. The van der Waals surface area contributed by atoms with Crippen LogP contribution < -0.4 is 0 Å². The Balaban J connectivity index is 1.31. The predicted octanol–water partition coefficient (Wildman–Crippen LogP) is 10.7. The van der Waals surface area contributed by atoms with Crippen LogP contribution in [0.25, 0.3) is 0 Å². The number of hydrogen-bond acceptors (Lipinski definition) is 2. The summed E-state index contributed by atoms with van der Waals surface area (Å²) in [5.74, 6) is 5.34. The first-order valence-corrected chi connectivity index (χ1v) is 17.1. The van der Waals surface area contributed by atoms with Gasteiger partial charge in [-0.05, 0) is 97.7 Å². The highest BCUT2D eigenvalue weighted by Gasteiger charge is 2.59. The van der Waals surface area contributed by atoms with Gasteiger partial charge in [0.05, 0.1) is 0 Å². The Hall–Kier alpha value is -0.790. The minimum absolute atomic E-state index is 0.0522. The van der Waals surface area contributed by atoms with Crippen molar-refractivity contribution in [2.45, 2.75) is 163 Å². The third-order valence-electron chi connectivity index (χ3n) is 12.3. The highest BCUT2D eigenvalue weighted by molar-refractivity contribution is 5.69. The van der Waals surface area contributed by atoms with Crippen LogP contribution in [0.1, 0.15) is 157 Å². The van der Waals surface area contributed by atoms with Gasteiger partial charge in [0.1, 0.15) is 6.10 Å². The van der Waals surface area contributed by atoms with Crippen molar-refractivity contribution in [3.63, 3.8) is 0 Å². The zero-order valence-electron chi connectivity index (χ0n) is 26.2. The number of unbranched alkanes of at least 4 members (excludes halogenated alkanes) is 5. The average Bonchev–Trinajstić information content (AvgIpc) is 3.23. The van der Waals surface area contributed by atoms with Gasteiger partial charge < -0.3 is 4.74 Å². The summed E-state index contributed by atoms with van der Waals surface area (Å²) in [5.41, 5.74) is 2.54. The largest absolute Gasteiger partial charge is 0.462 e. The van der Waals surface area contributed by atoms with Gasteiger partial charge in [0.15, 0.2) is 0 Å². The van der Waals surface area contributed by atoms with Gasteiger partial charge in [-0.3, -0.25) is 4.79 Å². The molecule has 4 rings (SSSR count). The Kier molecular flexibility index (Phi) is 10.5. The molecule has 4 aliphatic carbocycles. The van der Waals surface area contributed by atoms with E-state index in [0.29, 0.717) is 17.3 Å².